The van der Waals surface area contributed by atoms with Crippen molar-refractivity contribution >= 4 is 27.3 Å². The molecule has 1 heterocycles. The van der Waals surface area contributed by atoms with E-state index in [4.69, 9.17) is 26.4 Å². The summed E-state index contributed by atoms with van der Waals surface area (Å²) in [6, 6.07) is 7.05. The number of nitrogens with one attached hydrogen (secondary N) is 1. The summed E-state index contributed by atoms with van der Waals surface area (Å²) in [5.74, 6) is 0.0155. The van der Waals surface area contributed by atoms with Crippen LogP contribution in [-0.2, 0) is 14.3 Å². The fraction of sp³-hybridized carbons (Fsp3) is 0.467. The molecule has 1 aromatic carbocycles. The summed E-state index contributed by atoms with van der Waals surface area (Å²) in [6.07, 6.45) is 0.142. The van der Waals surface area contributed by atoms with Gasteiger partial charge in [0.25, 0.3) is 10.1 Å². The first-order valence-corrected chi connectivity index (χ1v) is 9.14. The van der Waals surface area contributed by atoms with Gasteiger partial charge in [-0.1, -0.05) is 12.2 Å². The van der Waals surface area contributed by atoms with E-state index in [-0.39, 0.29) is 0 Å². The molecule has 1 aromatic rings. The van der Waals surface area contributed by atoms with Crippen LogP contribution < -0.4 is 10.1 Å². The number of fused-ring (bicyclic) bond motifs is 1. The second-order valence-electron chi connectivity index (χ2n) is 5.88. The highest BCUT2D eigenvalue weighted by Crippen LogP contribution is 2.43. The van der Waals surface area contributed by atoms with Crippen LogP contribution >= 0.6 is 12.2 Å². The van der Waals surface area contributed by atoms with Crippen LogP contribution in [-0.4, -0.2) is 38.4 Å². The van der Waals surface area contributed by atoms with Crippen molar-refractivity contribution in [1.29, 1.82) is 5.26 Å². The fourth-order valence-corrected chi connectivity index (χ4v) is 3.62. The first kappa shape index (κ1) is 17.7. The zero-order valence-electron chi connectivity index (χ0n) is 13.3. The number of ether oxygens (including phenoxy) is 1. The first-order chi connectivity index (χ1) is 10.6. The molecule has 23 heavy (non-hydrogen) atoms. The number of nitriles is 1. The summed E-state index contributed by atoms with van der Waals surface area (Å²) in [7, 11) is -2.06. The number of thiocarbonyl (C=S) groups is 1. The molecule has 0 fully saturated rings. The molecule has 1 aliphatic rings. The number of hydrogen-bond acceptors (Lipinski definition) is 6. The van der Waals surface area contributed by atoms with Gasteiger partial charge in [0, 0.05) is 12.6 Å². The molecule has 0 saturated heterocycles. The smallest absolute Gasteiger partial charge is 0.264 e. The maximum Gasteiger partial charge on any atom is 0.264 e. The zero-order chi connectivity index (χ0) is 17.4. The highest BCUT2D eigenvalue weighted by Gasteiger charge is 2.48. The molecule has 2 rings (SSSR count). The standard InChI is InChI=1S/C15H18N2O4S2/c1-15(2)13(21-23(4,18)19)12(14(22)17-3)10-7-9(8-16)5-6-11(10)20-15/h5-7,12-13H,1-4H3,(H,17,22)/t12-,13+/m0/s1. The first-order valence-electron chi connectivity index (χ1n) is 6.92. The summed E-state index contributed by atoms with van der Waals surface area (Å²) in [5.41, 5.74) is 0.154. The van der Waals surface area contributed by atoms with Gasteiger partial charge in [-0.05, 0) is 32.0 Å². The van der Waals surface area contributed by atoms with Crippen LogP contribution in [0.15, 0.2) is 18.2 Å². The maximum atomic E-state index is 11.7. The molecule has 0 spiro atoms. The molecule has 1 N–H and O–H groups in total. The summed E-state index contributed by atoms with van der Waals surface area (Å²) < 4.78 is 34.6. The van der Waals surface area contributed by atoms with E-state index < -0.39 is 27.7 Å². The van der Waals surface area contributed by atoms with Crippen LogP contribution in [0.1, 0.15) is 30.9 Å². The number of nitrogens with zero attached hydrogens (tertiary/aromatic N) is 1. The summed E-state index contributed by atoms with van der Waals surface area (Å²) >= 11 is 5.38. The molecule has 1 aliphatic heterocycles. The topological polar surface area (TPSA) is 88.4 Å². The SMILES string of the molecule is CNC(=S)[C@H]1c2cc(C#N)ccc2OC(C)(C)[C@@H]1OS(C)(=O)=O. The predicted molar refractivity (Wildman–Crippen MR) is 90.0 cm³/mol. The Morgan fingerprint density at radius 3 is 2.65 bits per heavy atom. The summed E-state index contributed by atoms with van der Waals surface area (Å²) in [4.78, 5) is 0.423. The third-order valence-corrected chi connectivity index (χ3v) is 4.66. The average molecular weight is 354 g/mol. The quantitative estimate of drug-likeness (QED) is 0.653. The van der Waals surface area contributed by atoms with Gasteiger partial charge in [0.15, 0.2) is 0 Å². The Labute approximate surface area is 141 Å². The van der Waals surface area contributed by atoms with Crippen molar-refractivity contribution in [3.8, 4) is 11.8 Å². The Kier molecular flexibility index (Phi) is 4.66. The molecule has 8 heteroatoms. The fourth-order valence-electron chi connectivity index (χ4n) is 2.65. The largest absolute Gasteiger partial charge is 0.485 e. The van der Waals surface area contributed by atoms with E-state index in [0.29, 0.717) is 21.9 Å². The Hall–Kier alpha value is -1.69. The monoisotopic (exact) mass is 354 g/mol. The molecule has 0 amide bonds. The van der Waals surface area contributed by atoms with E-state index in [1.807, 2.05) is 0 Å². The molecule has 0 radical (unpaired) electrons. The molecular weight excluding hydrogens is 336 g/mol. The number of benzene rings is 1. The lowest BCUT2D eigenvalue weighted by Gasteiger charge is -2.43. The minimum atomic E-state index is -3.72. The molecule has 6 nitrogen and oxygen atoms in total. The third kappa shape index (κ3) is 3.63. The van der Waals surface area contributed by atoms with E-state index in [2.05, 4.69) is 11.4 Å². The zero-order valence-corrected chi connectivity index (χ0v) is 14.9. The third-order valence-electron chi connectivity index (χ3n) is 3.64. The van der Waals surface area contributed by atoms with Crippen molar-refractivity contribution in [2.24, 2.45) is 0 Å². The van der Waals surface area contributed by atoms with E-state index in [0.717, 1.165) is 6.26 Å². The molecule has 124 valence electrons. The Bertz CT molecular complexity index is 781. The van der Waals surface area contributed by atoms with Crippen LogP contribution in [0.5, 0.6) is 5.75 Å². The maximum absolute atomic E-state index is 11.7. The van der Waals surface area contributed by atoms with Crippen molar-refractivity contribution in [2.75, 3.05) is 13.3 Å². The van der Waals surface area contributed by atoms with E-state index >= 15 is 0 Å². The molecule has 2 atom stereocenters. The van der Waals surface area contributed by atoms with Crippen molar-refractivity contribution in [1.82, 2.24) is 5.32 Å². The highest BCUT2D eigenvalue weighted by atomic mass is 32.2. The van der Waals surface area contributed by atoms with Gasteiger partial charge >= 0.3 is 0 Å². The number of rotatable bonds is 3. The van der Waals surface area contributed by atoms with Crippen molar-refractivity contribution in [3.05, 3.63) is 29.3 Å². The van der Waals surface area contributed by atoms with Gasteiger partial charge in [-0.15, -0.1) is 0 Å². The van der Waals surface area contributed by atoms with Crippen LogP contribution in [0, 0.1) is 11.3 Å². The molecule has 0 aromatic heterocycles. The Morgan fingerprint density at radius 1 is 1.48 bits per heavy atom. The summed E-state index contributed by atoms with van der Waals surface area (Å²) in [5, 5.41) is 12.0. The van der Waals surface area contributed by atoms with E-state index in [1.165, 1.54) is 0 Å². The normalized spacial score (nSPS) is 22.4. The molecular formula is C15H18N2O4S2. The molecule has 0 bridgehead atoms. The van der Waals surface area contributed by atoms with Crippen molar-refractivity contribution < 1.29 is 17.3 Å². The predicted octanol–water partition coefficient (Wildman–Crippen LogP) is 1.70. The molecule has 0 saturated carbocycles. The molecule has 0 unspecified atom stereocenters. The van der Waals surface area contributed by atoms with Crippen LogP contribution in [0.25, 0.3) is 0 Å². The highest BCUT2D eigenvalue weighted by molar-refractivity contribution is 7.86. The minimum Gasteiger partial charge on any atom is -0.485 e. The van der Waals surface area contributed by atoms with Gasteiger partial charge in [0.2, 0.25) is 0 Å². The summed E-state index contributed by atoms with van der Waals surface area (Å²) in [6.45, 7) is 3.49. The van der Waals surface area contributed by atoms with Gasteiger partial charge in [0.1, 0.15) is 17.5 Å². The molecule has 0 aliphatic carbocycles. The van der Waals surface area contributed by atoms with Gasteiger partial charge in [-0.3, -0.25) is 4.18 Å². The lowest BCUT2D eigenvalue weighted by molar-refractivity contribution is -0.0287. The van der Waals surface area contributed by atoms with Crippen molar-refractivity contribution in [2.45, 2.75) is 31.5 Å². The lowest BCUT2D eigenvalue weighted by Crippen LogP contribution is -2.54. The Balaban J connectivity index is 2.65. The van der Waals surface area contributed by atoms with Gasteiger partial charge in [0.05, 0.1) is 28.8 Å². The number of hydrogen-bond donors (Lipinski definition) is 1. The van der Waals surface area contributed by atoms with Gasteiger partial charge < -0.3 is 10.1 Å². The van der Waals surface area contributed by atoms with Crippen molar-refractivity contribution in [3.63, 3.8) is 0 Å². The van der Waals surface area contributed by atoms with E-state index in [1.54, 1.807) is 39.1 Å². The van der Waals surface area contributed by atoms with Crippen LogP contribution in [0.3, 0.4) is 0 Å². The van der Waals surface area contributed by atoms with Crippen LogP contribution in [0.2, 0.25) is 0 Å². The minimum absolute atomic E-state index is 0.423. The van der Waals surface area contributed by atoms with Gasteiger partial charge in [-0.25, -0.2) is 0 Å². The second-order valence-corrected chi connectivity index (χ2v) is 7.92. The van der Waals surface area contributed by atoms with Gasteiger partial charge in [-0.2, -0.15) is 13.7 Å². The van der Waals surface area contributed by atoms with Crippen LogP contribution in [0.4, 0.5) is 0 Å². The average Bonchev–Trinajstić information content (AvgIpc) is 2.45. The lowest BCUT2D eigenvalue weighted by atomic mass is 9.81. The van der Waals surface area contributed by atoms with E-state index in [9.17, 15) is 8.42 Å². The number of likely N-dealkylation sites (N-methyl/N-ethyl adjacent to an activating group) is 1. The Morgan fingerprint density at radius 2 is 2.13 bits per heavy atom. The second kappa shape index (κ2) is 6.07.